The second kappa shape index (κ2) is 4.09. The van der Waals surface area contributed by atoms with Crippen LogP contribution in [0, 0.1) is 22.7 Å². The molecule has 0 bridgehead atoms. The molecular weight excluding hydrogens is 190 g/mol. The molecule has 2 aliphatic heterocycles. The lowest BCUT2D eigenvalue weighted by atomic mass is 9.73. The van der Waals surface area contributed by atoms with Gasteiger partial charge >= 0.3 is 0 Å². The van der Waals surface area contributed by atoms with Crippen LogP contribution in [0.2, 0.25) is 0 Å². The van der Waals surface area contributed by atoms with Crippen molar-refractivity contribution in [2.45, 2.75) is 12.5 Å². The lowest BCUT2D eigenvalue weighted by Gasteiger charge is -2.44. The van der Waals surface area contributed by atoms with Crippen LogP contribution in [0.15, 0.2) is 0 Å². The van der Waals surface area contributed by atoms with Gasteiger partial charge in [-0.2, -0.15) is 5.26 Å². The van der Waals surface area contributed by atoms with Gasteiger partial charge in [0.15, 0.2) is 0 Å². The predicted molar refractivity (Wildman–Crippen MR) is 57.3 cm³/mol. The van der Waals surface area contributed by atoms with Crippen LogP contribution >= 0.6 is 0 Å². The van der Waals surface area contributed by atoms with E-state index in [4.69, 9.17) is 4.74 Å². The molecule has 0 aromatic heterocycles. The summed E-state index contributed by atoms with van der Waals surface area (Å²) in [5.41, 5.74) is -0.273. The Labute approximate surface area is 91.2 Å². The van der Waals surface area contributed by atoms with Crippen LogP contribution in [0.1, 0.15) is 6.42 Å². The van der Waals surface area contributed by atoms with E-state index in [9.17, 15) is 5.26 Å². The molecule has 4 heteroatoms. The Hall–Kier alpha value is -0.630. The van der Waals surface area contributed by atoms with Crippen LogP contribution in [-0.2, 0) is 4.74 Å². The first kappa shape index (κ1) is 10.9. The molecular formula is C11H19N3O. The van der Waals surface area contributed by atoms with Crippen molar-refractivity contribution in [3.63, 3.8) is 0 Å². The van der Waals surface area contributed by atoms with E-state index in [1.165, 1.54) is 6.42 Å². The van der Waals surface area contributed by atoms with Crippen LogP contribution in [0.25, 0.3) is 0 Å². The van der Waals surface area contributed by atoms with Gasteiger partial charge < -0.3 is 15.0 Å². The van der Waals surface area contributed by atoms with Crippen LogP contribution < -0.4 is 5.32 Å². The fraction of sp³-hybridized carbons (Fsp3) is 0.909. The Morgan fingerprint density at radius 2 is 2.33 bits per heavy atom. The van der Waals surface area contributed by atoms with E-state index >= 15 is 0 Å². The lowest BCUT2D eigenvalue weighted by Crippen LogP contribution is -2.58. The summed E-state index contributed by atoms with van der Waals surface area (Å²) in [7, 11) is 4.10. The Morgan fingerprint density at radius 1 is 1.60 bits per heavy atom. The second-order valence-corrected chi connectivity index (χ2v) is 4.84. The van der Waals surface area contributed by atoms with E-state index < -0.39 is 0 Å². The molecule has 2 heterocycles. The van der Waals surface area contributed by atoms with E-state index in [0.717, 1.165) is 13.1 Å². The molecule has 15 heavy (non-hydrogen) atoms. The number of nitrogens with zero attached hydrogens (tertiary/aromatic N) is 2. The molecule has 0 aromatic carbocycles. The van der Waals surface area contributed by atoms with Gasteiger partial charge in [-0.3, -0.25) is 0 Å². The minimum atomic E-state index is -0.273. The summed E-state index contributed by atoms with van der Waals surface area (Å²) in [5.74, 6) is 0.587. The molecule has 2 atom stereocenters. The maximum absolute atomic E-state index is 9.28. The van der Waals surface area contributed by atoms with Crippen LogP contribution in [0.3, 0.4) is 0 Å². The number of likely N-dealkylation sites (tertiary alicyclic amines) is 1. The third-order valence-corrected chi connectivity index (χ3v) is 3.75. The van der Waals surface area contributed by atoms with Crippen molar-refractivity contribution in [1.82, 2.24) is 10.2 Å². The summed E-state index contributed by atoms with van der Waals surface area (Å²) in [6.45, 7) is 3.42. The highest BCUT2D eigenvalue weighted by Gasteiger charge is 2.49. The van der Waals surface area contributed by atoms with Crippen LogP contribution in [0.5, 0.6) is 0 Å². The average Bonchev–Trinajstić information content (AvgIpc) is 2.58. The zero-order valence-electron chi connectivity index (χ0n) is 9.49. The molecule has 2 unspecified atom stereocenters. The van der Waals surface area contributed by atoms with Gasteiger partial charge in [0.05, 0.1) is 19.3 Å². The van der Waals surface area contributed by atoms with Crippen molar-refractivity contribution in [3.05, 3.63) is 0 Å². The SMILES string of the molecule is CNC(C1CCN(C)C1)C1(C#N)COC1. The third-order valence-electron chi connectivity index (χ3n) is 3.75. The van der Waals surface area contributed by atoms with E-state index in [-0.39, 0.29) is 11.5 Å². The first-order valence-corrected chi connectivity index (χ1v) is 5.56. The zero-order chi connectivity index (χ0) is 10.9. The molecule has 4 nitrogen and oxygen atoms in total. The van der Waals surface area contributed by atoms with Gasteiger partial charge in [0.25, 0.3) is 0 Å². The molecule has 2 aliphatic rings. The van der Waals surface area contributed by atoms with Crippen molar-refractivity contribution < 1.29 is 4.74 Å². The summed E-state index contributed by atoms with van der Waals surface area (Å²) in [5, 5.41) is 12.6. The molecule has 0 spiro atoms. The van der Waals surface area contributed by atoms with Crippen LogP contribution in [-0.4, -0.2) is 51.3 Å². The normalized spacial score (nSPS) is 31.9. The molecule has 0 radical (unpaired) electrons. The van der Waals surface area contributed by atoms with Crippen molar-refractivity contribution in [2.24, 2.45) is 11.3 Å². The largest absolute Gasteiger partial charge is 0.378 e. The van der Waals surface area contributed by atoms with Crippen molar-refractivity contribution in [2.75, 3.05) is 40.4 Å². The van der Waals surface area contributed by atoms with Gasteiger partial charge in [0.2, 0.25) is 0 Å². The van der Waals surface area contributed by atoms with E-state index in [0.29, 0.717) is 19.1 Å². The summed E-state index contributed by atoms with van der Waals surface area (Å²) >= 11 is 0. The van der Waals surface area contributed by atoms with Gasteiger partial charge in [-0.05, 0) is 33.0 Å². The Bertz CT molecular complexity index is 269. The van der Waals surface area contributed by atoms with Gasteiger partial charge in [0, 0.05) is 12.6 Å². The summed E-state index contributed by atoms with van der Waals surface area (Å²) in [6, 6.07) is 2.73. The fourth-order valence-electron chi connectivity index (χ4n) is 2.84. The van der Waals surface area contributed by atoms with Gasteiger partial charge in [-0.1, -0.05) is 0 Å². The molecule has 84 valence electrons. The lowest BCUT2D eigenvalue weighted by molar-refractivity contribution is -0.104. The van der Waals surface area contributed by atoms with E-state index in [2.05, 4.69) is 23.3 Å². The van der Waals surface area contributed by atoms with Crippen molar-refractivity contribution in [3.8, 4) is 6.07 Å². The summed E-state index contributed by atoms with van der Waals surface area (Å²) < 4.78 is 5.22. The number of hydrogen-bond acceptors (Lipinski definition) is 4. The maximum atomic E-state index is 9.28. The molecule has 2 saturated heterocycles. The Morgan fingerprint density at radius 3 is 2.67 bits per heavy atom. The smallest absolute Gasteiger partial charge is 0.119 e. The predicted octanol–water partition coefficient (Wildman–Crippen LogP) is 0.0663. The highest BCUT2D eigenvalue weighted by molar-refractivity contribution is 5.12. The Balaban J connectivity index is 2.07. The van der Waals surface area contributed by atoms with E-state index in [1.54, 1.807) is 0 Å². The topological polar surface area (TPSA) is 48.3 Å². The molecule has 1 N–H and O–H groups in total. The summed E-state index contributed by atoms with van der Waals surface area (Å²) in [4.78, 5) is 2.33. The fourth-order valence-corrected chi connectivity index (χ4v) is 2.84. The summed E-state index contributed by atoms with van der Waals surface area (Å²) in [6.07, 6.45) is 1.19. The highest BCUT2D eigenvalue weighted by atomic mass is 16.5. The van der Waals surface area contributed by atoms with Gasteiger partial charge in [-0.15, -0.1) is 0 Å². The Kier molecular flexibility index (Phi) is 2.96. The van der Waals surface area contributed by atoms with Gasteiger partial charge in [0.1, 0.15) is 5.41 Å². The van der Waals surface area contributed by atoms with Crippen LogP contribution in [0.4, 0.5) is 0 Å². The monoisotopic (exact) mass is 209 g/mol. The number of nitrogens with one attached hydrogen (secondary N) is 1. The highest BCUT2D eigenvalue weighted by Crippen LogP contribution is 2.37. The molecule has 0 aliphatic carbocycles. The van der Waals surface area contributed by atoms with E-state index in [1.807, 2.05) is 7.05 Å². The number of hydrogen-bond donors (Lipinski definition) is 1. The van der Waals surface area contributed by atoms with Crippen molar-refractivity contribution in [1.29, 1.82) is 5.26 Å². The van der Waals surface area contributed by atoms with Crippen molar-refractivity contribution >= 4 is 0 Å². The minimum absolute atomic E-state index is 0.273. The zero-order valence-corrected chi connectivity index (χ0v) is 9.49. The standard InChI is InChI=1S/C11H19N3O/c1-13-10(9-3-4-14(2)5-9)11(6-12)7-15-8-11/h9-10,13H,3-5,7-8H2,1-2H3. The quantitative estimate of drug-likeness (QED) is 0.714. The molecule has 2 rings (SSSR count). The molecule has 0 amide bonds. The number of ether oxygens (including phenoxy) is 1. The molecule has 2 fully saturated rings. The second-order valence-electron chi connectivity index (χ2n) is 4.84. The average molecular weight is 209 g/mol. The molecule has 0 aromatic rings. The maximum Gasteiger partial charge on any atom is 0.119 e. The first-order valence-electron chi connectivity index (χ1n) is 5.56. The number of rotatable bonds is 3. The first-order chi connectivity index (χ1) is 7.22. The number of nitriles is 1. The minimum Gasteiger partial charge on any atom is -0.378 e. The molecule has 0 saturated carbocycles. The third kappa shape index (κ3) is 1.76. The van der Waals surface area contributed by atoms with Gasteiger partial charge in [-0.25, -0.2) is 0 Å².